The predicted octanol–water partition coefficient (Wildman–Crippen LogP) is 7.99. The van der Waals surface area contributed by atoms with Crippen LogP contribution in [0.1, 0.15) is 101 Å². The van der Waals surface area contributed by atoms with E-state index in [2.05, 4.69) is 65.8 Å². The molecule has 0 N–H and O–H groups in total. The quantitative estimate of drug-likeness (QED) is 0.221. The number of fused-ring (bicyclic) bond motifs is 2. The van der Waals surface area contributed by atoms with Crippen LogP contribution in [0.2, 0.25) is 0 Å². The summed E-state index contributed by atoms with van der Waals surface area (Å²) in [6.07, 6.45) is 10.8. The molecule has 2 aromatic rings. The fraction of sp³-hybridized carbons (Fsp3) is 0.571. The van der Waals surface area contributed by atoms with Crippen LogP contribution >= 0.6 is 24.8 Å². The molecule has 0 unspecified atom stereocenters. The zero-order chi connectivity index (χ0) is 20.9. The third kappa shape index (κ3) is 10.3. The first-order valence-electron chi connectivity index (χ1n) is 11.1. The second kappa shape index (κ2) is 16.1. The van der Waals surface area contributed by atoms with E-state index in [1.165, 1.54) is 62.5 Å². The predicted molar refractivity (Wildman–Crippen MR) is 151 cm³/mol. The van der Waals surface area contributed by atoms with E-state index in [1.54, 1.807) is 45.6 Å². The van der Waals surface area contributed by atoms with E-state index < -0.39 is 0 Å². The van der Waals surface area contributed by atoms with E-state index in [-0.39, 0.29) is 39.7 Å². The van der Waals surface area contributed by atoms with Crippen molar-refractivity contribution in [3.63, 3.8) is 0 Å². The minimum atomic E-state index is 0. The van der Waals surface area contributed by atoms with Crippen LogP contribution in [0.5, 0.6) is 0 Å². The molecule has 0 nitrogen and oxygen atoms in total. The van der Waals surface area contributed by atoms with Gasteiger partial charge < -0.3 is 14.9 Å². The van der Waals surface area contributed by atoms with Gasteiger partial charge in [-0.2, -0.15) is 45.5 Å². The van der Waals surface area contributed by atoms with Crippen LogP contribution in [0.4, 0.5) is 0 Å². The second-order valence-corrected chi connectivity index (χ2v) is 10.5. The van der Waals surface area contributed by atoms with Gasteiger partial charge in [-0.3, -0.25) is 0 Å². The molecule has 0 amide bonds. The van der Waals surface area contributed by atoms with Gasteiger partial charge in [0.25, 0.3) is 0 Å². The van der Waals surface area contributed by atoms with Gasteiger partial charge in [0.2, 0.25) is 0 Å². The monoisotopic (exact) mass is 572 g/mol. The van der Waals surface area contributed by atoms with Crippen molar-refractivity contribution in [3.8, 4) is 0 Å². The number of hydrogen-bond donors (Lipinski definition) is 0. The third-order valence-corrected chi connectivity index (χ3v) is 6.16. The van der Waals surface area contributed by atoms with Gasteiger partial charge in [-0.05, 0) is 10.8 Å². The second-order valence-electron chi connectivity index (χ2n) is 10.5. The van der Waals surface area contributed by atoms with Crippen molar-refractivity contribution >= 4 is 31.7 Å². The van der Waals surface area contributed by atoms with Crippen molar-refractivity contribution in [1.82, 2.24) is 0 Å². The normalized spacial score (nSPS) is 14.0. The summed E-state index contributed by atoms with van der Waals surface area (Å²) in [6, 6.07) is 9.70. The number of halogens is 2. The summed E-state index contributed by atoms with van der Waals surface area (Å²) >= 11 is 1.58. The van der Waals surface area contributed by atoms with Crippen LogP contribution in [0, 0.1) is 14.9 Å². The molecule has 2 aliphatic rings. The molecule has 0 saturated carbocycles. The Balaban J connectivity index is -0.000000437. The van der Waals surface area contributed by atoms with Crippen molar-refractivity contribution < 1.29 is 23.3 Å². The van der Waals surface area contributed by atoms with Crippen molar-refractivity contribution in [1.29, 1.82) is 0 Å². The van der Waals surface area contributed by atoms with Gasteiger partial charge in [-0.15, -0.1) is 24.8 Å². The number of hydrogen-bond acceptors (Lipinski definition) is 0. The van der Waals surface area contributed by atoms with E-state index in [9.17, 15) is 0 Å². The molecule has 0 heterocycles. The third-order valence-electron chi connectivity index (χ3n) is 6.16. The first-order chi connectivity index (χ1) is 13.1. The molecule has 0 radical (unpaired) electrons. The Morgan fingerprint density at radius 2 is 0.906 bits per heavy atom. The Morgan fingerprint density at radius 3 is 1.16 bits per heavy atom. The maximum atomic E-state index is 2.43. The number of aryl methyl sites for hydroxylation is 4. The molecule has 0 bridgehead atoms. The molecule has 2 aromatic carbocycles. The Hall–Kier alpha value is 0.380. The standard InChI is InChI=1S/2C13H19.2CH3.2ClH.H2Si.Zr/c2*1-13(2,3)12-8-10-6-4-5-7-11(10)9-12;;;;;;/h2*8-9H,4-7H2,1-3H3;2*1H3;2*1H;1H2;/q4*-1;;;;. The average Bonchev–Trinajstić information content (AvgIpc) is 3.27. The molecule has 0 aromatic heterocycles. The average molecular weight is 575 g/mol. The fourth-order valence-corrected chi connectivity index (χ4v) is 4.26. The summed E-state index contributed by atoms with van der Waals surface area (Å²) in [5.41, 5.74) is 10.2. The fourth-order valence-electron chi connectivity index (χ4n) is 4.26. The van der Waals surface area contributed by atoms with E-state index in [0.717, 1.165) is 0 Å². The molecule has 32 heavy (non-hydrogen) atoms. The molecule has 4 rings (SSSR count). The molecule has 0 spiro atoms. The van der Waals surface area contributed by atoms with Crippen molar-refractivity contribution in [3.05, 3.63) is 72.5 Å². The van der Waals surface area contributed by atoms with Crippen LogP contribution < -0.4 is 0 Å². The topological polar surface area (TPSA) is 0 Å². The first kappa shape index (κ1) is 36.9. The van der Waals surface area contributed by atoms with Crippen molar-refractivity contribution in [2.45, 2.75) is 104 Å². The van der Waals surface area contributed by atoms with Gasteiger partial charge in [0, 0.05) is 0 Å². The summed E-state index contributed by atoms with van der Waals surface area (Å²) in [5, 5.41) is 0. The molecule has 0 atom stereocenters. The SMILES string of the molecule is CC(C)(C)c1cc2c([cH-]1)CCCC2.CC(C)(C)c1cc2c([cH-]1)CCCC2.Cl.Cl.[CH3-].[CH3-].[SiH2]=[Zr]. The van der Waals surface area contributed by atoms with Crippen molar-refractivity contribution in [2.24, 2.45) is 0 Å². The van der Waals surface area contributed by atoms with Gasteiger partial charge in [-0.1, -0.05) is 92.9 Å². The summed E-state index contributed by atoms with van der Waals surface area (Å²) in [7, 11) is 0. The summed E-state index contributed by atoms with van der Waals surface area (Å²) in [6.45, 7) is 15.7. The van der Waals surface area contributed by atoms with Crippen LogP contribution in [0.3, 0.4) is 0 Å². The summed E-state index contributed by atoms with van der Waals surface area (Å²) in [4.78, 5) is 0. The Bertz CT molecular complexity index is 648. The van der Waals surface area contributed by atoms with Crippen LogP contribution in [-0.4, -0.2) is 6.88 Å². The van der Waals surface area contributed by atoms with E-state index in [4.69, 9.17) is 0 Å². The van der Waals surface area contributed by atoms with Gasteiger partial charge >= 0.3 is 30.2 Å². The molecular weight excluding hydrogens is 527 g/mol. The first-order valence-corrected chi connectivity index (χ1v) is 17.0. The van der Waals surface area contributed by atoms with Crippen LogP contribution in [0.15, 0.2) is 24.3 Å². The summed E-state index contributed by atoms with van der Waals surface area (Å²) < 4.78 is 0. The van der Waals surface area contributed by atoms with E-state index >= 15 is 0 Å². The molecular formula is C28H48Cl2SiZr-4. The van der Waals surface area contributed by atoms with E-state index in [0.29, 0.717) is 10.8 Å². The van der Waals surface area contributed by atoms with E-state index in [1.807, 2.05) is 6.88 Å². The molecule has 4 heteroatoms. The molecule has 2 aliphatic carbocycles. The molecule has 0 aliphatic heterocycles. The van der Waals surface area contributed by atoms with Gasteiger partial charge in [-0.25, -0.2) is 12.1 Å². The molecule has 186 valence electrons. The number of rotatable bonds is 0. The Morgan fingerprint density at radius 1 is 0.625 bits per heavy atom. The summed E-state index contributed by atoms with van der Waals surface area (Å²) in [5.74, 6) is 0. The molecule has 0 fully saturated rings. The van der Waals surface area contributed by atoms with Gasteiger partial charge in [0.1, 0.15) is 0 Å². The maximum absolute atomic E-state index is 2.43. The zero-order valence-electron chi connectivity index (χ0n) is 22.0. The van der Waals surface area contributed by atoms with Gasteiger partial charge in [0.05, 0.1) is 0 Å². The Labute approximate surface area is 229 Å². The minimum absolute atomic E-state index is 0. The van der Waals surface area contributed by atoms with Gasteiger partial charge in [0.15, 0.2) is 0 Å². The van der Waals surface area contributed by atoms with Crippen molar-refractivity contribution in [2.75, 3.05) is 0 Å². The van der Waals surface area contributed by atoms with Crippen LogP contribution in [-0.2, 0) is 59.8 Å². The molecule has 0 saturated heterocycles. The zero-order valence-corrected chi connectivity index (χ0v) is 27.5. The Kier molecular flexibility index (Phi) is 18.6. The van der Waals surface area contributed by atoms with Crippen LogP contribution in [0.25, 0.3) is 0 Å².